The fraction of sp³-hybridized carbons (Fsp3) is 0. The van der Waals surface area contributed by atoms with Crippen molar-refractivity contribution in [2.75, 3.05) is 5.32 Å². The Labute approximate surface area is 83.9 Å². The molecule has 1 aliphatic heterocycles. The van der Waals surface area contributed by atoms with E-state index < -0.39 is 10.0 Å². The van der Waals surface area contributed by atoms with E-state index in [0.717, 1.165) is 0 Å². The van der Waals surface area contributed by atoms with Crippen molar-refractivity contribution < 1.29 is 8.42 Å². The number of anilines is 1. The Hall–Kier alpha value is -0.880. The molecule has 0 spiro atoms. The highest BCUT2D eigenvalue weighted by atomic mass is 79.9. The Balaban J connectivity index is 2.74. The maximum absolute atomic E-state index is 11.4. The van der Waals surface area contributed by atoms with Crippen LogP contribution in [0.3, 0.4) is 0 Å². The van der Waals surface area contributed by atoms with Gasteiger partial charge in [0, 0.05) is 4.47 Å². The van der Waals surface area contributed by atoms with Gasteiger partial charge in [0.1, 0.15) is 11.2 Å². The minimum Gasteiger partial charge on any atom is -0.345 e. The molecular formula is C7H5BrN2O2S. The summed E-state index contributed by atoms with van der Waals surface area (Å²) in [6.07, 6.45) is 1.17. The molecule has 0 aliphatic carbocycles. The van der Waals surface area contributed by atoms with Crippen LogP contribution in [0.4, 0.5) is 5.69 Å². The van der Waals surface area contributed by atoms with Crippen molar-refractivity contribution >= 4 is 38.0 Å². The van der Waals surface area contributed by atoms with Crippen LogP contribution in [0.5, 0.6) is 0 Å². The van der Waals surface area contributed by atoms with Crippen molar-refractivity contribution in [2.24, 2.45) is 4.40 Å². The smallest absolute Gasteiger partial charge is 0.285 e. The number of fused-ring (bicyclic) bond motifs is 1. The zero-order valence-electron chi connectivity index (χ0n) is 6.36. The van der Waals surface area contributed by atoms with Crippen LogP contribution >= 0.6 is 15.9 Å². The summed E-state index contributed by atoms with van der Waals surface area (Å²) in [5, 5.41) is 2.75. The molecule has 0 aromatic heterocycles. The largest absolute Gasteiger partial charge is 0.345 e. The molecule has 0 saturated carbocycles. The maximum Gasteiger partial charge on any atom is 0.285 e. The average Bonchev–Trinajstić information content (AvgIpc) is 2.06. The minimum atomic E-state index is -3.49. The first-order valence-corrected chi connectivity index (χ1v) is 5.68. The van der Waals surface area contributed by atoms with Gasteiger partial charge >= 0.3 is 0 Å². The Morgan fingerprint density at radius 2 is 2.15 bits per heavy atom. The second kappa shape index (κ2) is 2.81. The van der Waals surface area contributed by atoms with Crippen molar-refractivity contribution in [3.8, 4) is 0 Å². The molecule has 0 bridgehead atoms. The van der Waals surface area contributed by atoms with Crippen LogP contribution in [0.2, 0.25) is 0 Å². The van der Waals surface area contributed by atoms with Crippen molar-refractivity contribution in [2.45, 2.75) is 4.90 Å². The van der Waals surface area contributed by atoms with Gasteiger partial charge in [0.05, 0.1) is 5.69 Å². The van der Waals surface area contributed by atoms with E-state index >= 15 is 0 Å². The number of nitrogens with zero attached hydrogens (tertiary/aromatic N) is 1. The monoisotopic (exact) mass is 260 g/mol. The molecule has 6 heteroatoms. The normalized spacial score (nSPS) is 17.6. The lowest BCUT2D eigenvalue weighted by atomic mass is 10.3. The SMILES string of the molecule is O=S1(=O)N=CNc2ccc(Br)cc21. The molecule has 2 rings (SSSR count). The average molecular weight is 261 g/mol. The van der Waals surface area contributed by atoms with Crippen LogP contribution in [-0.2, 0) is 10.0 Å². The summed E-state index contributed by atoms with van der Waals surface area (Å²) in [6.45, 7) is 0. The van der Waals surface area contributed by atoms with Gasteiger partial charge in [0.2, 0.25) is 0 Å². The molecule has 1 heterocycles. The highest BCUT2D eigenvalue weighted by molar-refractivity contribution is 9.10. The van der Waals surface area contributed by atoms with Crippen molar-refractivity contribution in [1.82, 2.24) is 0 Å². The van der Waals surface area contributed by atoms with Gasteiger partial charge in [-0.25, -0.2) is 0 Å². The van der Waals surface area contributed by atoms with E-state index in [1.807, 2.05) is 0 Å². The number of hydrogen-bond donors (Lipinski definition) is 1. The zero-order valence-corrected chi connectivity index (χ0v) is 8.76. The molecule has 1 N–H and O–H groups in total. The molecule has 0 fully saturated rings. The van der Waals surface area contributed by atoms with E-state index in [0.29, 0.717) is 10.2 Å². The van der Waals surface area contributed by atoms with E-state index in [2.05, 4.69) is 25.6 Å². The molecular weight excluding hydrogens is 256 g/mol. The van der Waals surface area contributed by atoms with E-state index in [1.165, 1.54) is 12.4 Å². The number of nitrogens with one attached hydrogen (secondary N) is 1. The second-order valence-electron chi connectivity index (χ2n) is 2.49. The van der Waals surface area contributed by atoms with Crippen LogP contribution in [-0.4, -0.2) is 14.8 Å². The van der Waals surface area contributed by atoms with Crippen molar-refractivity contribution in [3.05, 3.63) is 22.7 Å². The Morgan fingerprint density at radius 1 is 1.38 bits per heavy atom. The first kappa shape index (κ1) is 8.71. The fourth-order valence-corrected chi connectivity index (χ4v) is 2.55. The molecule has 1 aromatic carbocycles. The predicted molar refractivity (Wildman–Crippen MR) is 53.4 cm³/mol. The van der Waals surface area contributed by atoms with Gasteiger partial charge in [-0.2, -0.15) is 8.42 Å². The van der Waals surface area contributed by atoms with Crippen molar-refractivity contribution in [3.63, 3.8) is 0 Å². The number of rotatable bonds is 0. The lowest BCUT2D eigenvalue weighted by Crippen LogP contribution is -2.11. The Bertz CT molecular complexity index is 481. The minimum absolute atomic E-state index is 0.198. The summed E-state index contributed by atoms with van der Waals surface area (Å²) in [7, 11) is -3.49. The standard InChI is InChI=1S/C7H5BrN2O2S/c8-5-1-2-6-7(3-5)13(11,12)10-4-9-6/h1-4H,(H,9,10). The van der Waals surface area contributed by atoms with E-state index in [4.69, 9.17) is 0 Å². The van der Waals surface area contributed by atoms with Crippen molar-refractivity contribution in [1.29, 1.82) is 0 Å². The van der Waals surface area contributed by atoms with Crippen LogP contribution in [0.25, 0.3) is 0 Å². The topological polar surface area (TPSA) is 58.5 Å². The lowest BCUT2D eigenvalue weighted by Gasteiger charge is -2.11. The summed E-state index contributed by atoms with van der Waals surface area (Å²) < 4.78 is 26.8. The molecule has 0 amide bonds. The van der Waals surface area contributed by atoms with Gasteiger partial charge in [0.25, 0.3) is 10.0 Å². The second-order valence-corrected chi connectivity index (χ2v) is 5.01. The summed E-state index contributed by atoms with van der Waals surface area (Å²) in [6, 6.07) is 4.97. The van der Waals surface area contributed by atoms with Gasteiger partial charge in [-0.1, -0.05) is 15.9 Å². The fourth-order valence-electron chi connectivity index (χ4n) is 1.05. The van der Waals surface area contributed by atoms with Gasteiger partial charge < -0.3 is 5.32 Å². The predicted octanol–water partition coefficient (Wildman–Crippen LogP) is 1.59. The highest BCUT2D eigenvalue weighted by Crippen LogP contribution is 2.28. The van der Waals surface area contributed by atoms with Crippen LogP contribution < -0.4 is 5.32 Å². The number of benzene rings is 1. The Morgan fingerprint density at radius 3 is 2.92 bits per heavy atom. The lowest BCUT2D eigenvalue weighted by molar-refractivity contribution is 0.598. The molecule has 4 nitrogen and oxygen atoms in total. The third-order valence-electron chi connectivity index (χ3n) is 1.63. The molecule has 68 valence electrons. The summed E-state index contributed by atoms with van der Waals surface area (Å²) >= 11 is 3.20. The molecule has 0 unspecified atom stereocenters. The first-order valence-electron chi connectivity index (χ1n) is 3.44. The molecule has 1 aromatic rings. The first-order chi connectivity index (χ1) is 6.09. The van der Waals surface area contributed by atoms with Gasteiger partial charge in [0.15, 0.2) is 0 Å². The van der Waals surface area contributed by atoms with Gasteiger partial charge in [-0.15, -0.1) is 4.40 Å². The quantitative estimate of drug-likeness (QED) is 0.771. The van der Waals surface area contributed by atoms with Crippen LogP contribution in [0.1, 0.15) is 0 Å². The number of sulfonamides is 1. The molecule has 1 aliphatic rings. The molecule has 13 heavy (non-hydrogen) atoms. The molecule has 0 atom stereocenters. The third kappa shape index (κ3) is 1.47. The highest BCUT2D eigenvalue weighted by Gasteiger charge is 2.20. The number of hydrogen-bond acceptors (Lipinski definition) is 3. The van der Waals surface area contributed by atoms with Gasteiger partial charge in [-0.05, 0) is 18.2 Å². The maximum atomic E-state index is 11.4. The van der Waals surface area contributed by atoms with E-state index in [1.54, 1.807) is 12.1 Å². The van der Waals surface area contributed by atoms with E-state index in [9.17, 15) is 8.42 Å². The van der Waals surface area contributed by atoms with Crippen LogP contribution in [0.15, 0.2) is 32.0 Å². The Kier molecular flexibility index (Phi) is 1.88. The molecule has 0 radical (unpaired) electrons. The van der Waals surface area contributed by atoms with E-state index in [-0.39, 0.29) is 4.90 Å². The summed E-state index contributed by atoms with van der Waals surface area (Å²) in [4.78, 5) is 0.198. The molecule has 0 saturated heterocycles. The third-order valence-corrected chi connectivity index (χ3v) is 3.40. The summed E-state index contributed by atoms with van der Waals surface area (Å²) in [5.41, 5.74) is 0.554. The van der Waals surface area contributed by atoms with Gasteiger partial charge in [-0.3, -0.25) is 0 Å². The van der Waals surface area contributed by atoms with Crippen LogP contribution in [0, 0.1) is 0 Å². The summed E-state index contributed by atoms with van der Waals surface area (Å²) in [5.74, 6) is 0. The number of halogens is 1. The zero-order chi connectivity index (χ0) is 9.47.